The first-order chi connectivity index (χ1) is 17.5. The first-order valence-electron chi connectivity index (χ1n) is 11.5. The van der Waals surface area contributed by atoms with Crippen LogP contribution < -0.4 is 5.32 Å². The largest absolute Gasteiger partial charge is 0.320 e. The number of anilines is 1. The smallest absolute Gasteiger partial charge is 0.266 e. The van der Waals surface area contributed by atoms with E-state index in [2.05, 4.69) is 10.3 Å². The van der Waals surface area contributed by atoms with Crippen molar-refractivity contribution in [3.63, 3.8) is 0 Å². The second-order valence-corrected chi connectivity index (χ2v) is 8.51. The highest BCUT2D eigenvalue weighted by Gasteiger charge is 2.43. The summed E-state index contributed by atoms with van der Waals surface area (Å²) >= 11 is 6.56. The minimum Gasteiger partial charge on any atom is -0.320 e. The first-order valence-corrected chi connectivity index (χ1v) is 11.4. The van der Waals surface area contributed by atoms with Crippen LogP contribution in [-0.4, -0.2) is 34.0 Å². The Bertz CT molecular complexity index is 1500. The molecule has 0 saturated heterocycles. The van der Waals surface area contributed by atoms with E-state index < -0.39 is 23.9 Å². The number of hydrazine groups is 1. The molecule has 3 aliphatic rings. The molecule has 1 N–H and O–H groups in total. The molecule has 3 aliphatic heterocycles. The molecule has 6 nitrogen and oxygen atoms in total. The van der Waals surface area contributed by atoms with Crippen LogP contribution in [-0.2, 0) is 4.79 Å². The van der Waals surface area contributed by atoms with Crippen molar-refractivity contribution in [1.29, 1.82) is 0 Å². The van der Waals surface area contributed by atoms with E-state index in [1.807, 2.05) is 42.5 Å². The number of amides is 1. The number of fused-ring (bicyclic) bond motifs is 2. The van der Waals surface area contributed by atoms with Crippen LogP contribution in [0.25, 0.3) is 0 Å². The average Bonchev–Trinajstić information content (AvgIpc) is 3.09. The molecular weight excluding hydrogens is 465 g/mol. The van der Waals surface area contributed by atoms with Gasteiger partial charge in [-0.15, -0.1) is 0 Å². The topological polar surface area (TPSA) is 60.3 Å². The van der Waals surface area contributed by atoms with E-state index in [1.54, 1.807) is 52.8 Å². The molecule has 0 radical (unpaired) electrons. The summed E-state index contributed by atoms with van der Waals surface area (Å²) in [4.78, 5) is 23.0. The van der Waals surface area contributed by atoms with Crippen molar-refractivity contribution in [2.75, 3.05) is 5.32 Å². The Kier molecular flexibility index (Phi) is 5.00. The van der Waals surface area contributed by atoms with Gasteiger partial charge in [0.1, 0.15) is 11.6 Å². The molecular formula is C27H19ClFN5O. The molecule has 0 spiro atoms. The van der Waals surface area contributed by atoms with Crippen molar-refractivity contribution < 1.29 is 10.6 Å². The molecule has 1 unspecified atom stereocenters. The van der Waals surface area contributed by atoms with Crippen molar-refractivity contribution in [1.82, 2.24) is 10.0 Å². The van der Waals surface area contributed by atoms with Gasteiger partial charge in [0.25, 0.3) is 5.91 Å². The van der Waals surface area contributed by atoms with Gasteiger partial charge in [0.05, 0.1) is 18.8 Å². The zero-order valence-corrected chi connectivity index (χ0v) is 19.0. The molecule has 0 bridgehead atoms. The Morgan fingerprint density at radius 1 is 1.03 bits per heavy atom. The van der Waals surface area contributed by atoms with Gasteiger partial charge in [0.2, 0.25) is 0 Å². The Morgan fingerprint density at radius 3 is 2.66 bits per heavy atom. The van der Waals surface area contributed by atoms with E-state index in [0.717, 1.165) is 5.56 Å². The predicted molar refractivity (Wildman–Crippen MR) is 134 cm³/mol. The van der Waals surface area contributed by atoms with Gasteiger partial charge < -0.3 is 5.32 Å². The highest BCUT2D eigenvalue weighted by Crippen LogP contribution is 2.41. The summed E-state index contributed by atoms with van der Waals surface area (Å²) in [5.74, 6) is -0.738. The SMILES string of the molecule is [2H]C1=C2N=CC=CN2N([C@@H]2N=C(c3ccccc3)c3cccc(F)c3NC2=O)C1c1ccccc1Cl. The Morgan fingerprint density at radius 2 is 1.83 bits per heavy atom. The summed E-state index contributed by atoms with van der Waals surface area (Å²) in [5.41, 5.74) is 2.35. The van der Waals surface area contributed by atoms with Crippen LogP contribution in [0.3, 0.4) is 0 Å². The fourth-order valence-electron chi connectivity index (χ4n) is 4.43. The van der Waals surface area contributed by atoms with Crippen molar-refractivity contribution >= 4 is 35.1 Å². The molecule has 8 heteroatoms. The number of rotatable bonds is 3. The number of para-hydroxylation sites is 1. The standard InChI is InChI=1S/C27H19ClFN5O/c28-20-12-5-4-10-18(20)22-16-23-30-14-7-15-33(23)34(22)26-27(35)32-25-19(11-6-13-21(25)29)24(31-26)17-8-2-1-3-9-17/h1-16,22,26H,(H,32,35)/t22?,26-/m0/s1/i16D. The van der Waals surface area contributed by atoms with Crippen molar-refractivity contribution in [2.24, 2.45) is 9.98 Å². The molecule has 35 heavy (non-hydrogen) atoms. The van der Waals surface area contributed by atoms with Crippen LogP contribution in [0.4, 0.5) is 10.1 Å². The van der Waals surface area contributed by atoms with Gasteiger partial charge in [-0.1, -0.05) is 72.3 Å². The predicted octanol–water partition coefficient (Wildman–Crippen LogP) is 5.31. The maximum atomic E-state index is 15.0. The highest BCUT2D eigenvalue weighted by atomic mass is 35.5. The van der Waals surface area contributed by atoms with Gasteiger partial charge in [-0.3, -0.25) is 14.8 Å². The Hall–Kier alpha value is -4.07. The molecule has 172 valence electrons. The highest BCUT2D eigenvalue weighted by molar-refractivity contribution is 6.31. The minimum absolute atomic E-state index is 0.0626. The number of benzodiazepines with no additional fused rings is 1. The number of benzene rings is 3. The van der Waals surface area contributed by atoms with Gasteiger partial charge in [-0.2, -0.15) is 5.01 Å². The molecule has 3 aromatic carbocycles. The van der Waals surface area contributed by atoms with Crippen LogP contribution in [0.5, 0.6) is 0 Å². The van der Waals surface area contributed by atoms with Gasteiger partial charge in [-0.25, -0.2) is 9.38 Å². The lowest BCUT2D eigenvalue weighted by Crippen LogP contribution is -2.48. The number of hydrogen-bond donors (Lipinski definition) is 1. The van der Waals surface area contributed by atoms with Crippen LogP contribution >= 0.6 is 11.6 Å². The summed E-state index contributed by atoms with van der Waals surface area (Å²) in [6.07, 6.45) is 3.86. The number of allylic oxidation sites excluding steroid dienone is 1. The first kappa shape index (κ1) is 20.3. The quantitative estimate of drug-likeness (QED) is 0.548. The fourth-order valence-corrected chi connectivity index (χ4v) is 4.67. The minimum atomic E-state index is -1.16. The van der Waals surface area contributed by atoms with Gasteiger partial charge in [0.15, 0.2) is 6.17 Å². The number of nitrogens with one attached hydrogen (secondary N) is 1. The van der Waals surface area contributed by atoms with E-state index >= 15 is 0 Å². The van der Waals surface area contributed by atoms with E-state index in [9.17, 15) is 9.18 Å². The number of halogens is 2. The molecule has 3 heterocycles. The molecule has 6 rings (SSSR count). The molecule has 0 saturated carbocycles. The van der Waals surface area contributed by atoms with E-state index in [4.69, 9.17) is 18.0 Å². The van der Waals surface area contributed by atoms with Crippen molar-refractivity contribution in [3.8, 4) is 0 Å². The van der Waals surface area contributed by atoms with E-state index in [1.165, 1.54) is 6.07 Å². The van der Waals surface area contributed by atoms with E-state index in [0.29, 0.717) is 27.7 Å². The third-order valence-electron chi connectivity index (χ3n) is 6.01. The van der Waals surface area contributed by atoms with Gasteiger partial charge in [-0.05, 0) is 29.8 Å². The third kappa shape index (κ3) is 3.65. The zero-order chi connectivity index (χ0) is 24.8. The summed E-state index contributed by atoms with van der Waals surface area (Å²) in [5, 5.41) is 6.49. The van der Waals surface area contributed by atoms with Crippen LogP contribution in [0.15, 0.2) is 107 Å². The number of nitrogens with zero attached hydrogens (tertiary/aromatic N) is 4. The summed E-state index contributed by atoms with van der Waals surface area (Å²) in [7, 11) is 0. The lowest BCUT2D eigenvalue weighted by atomic mass is 10.0. The van der Waals surface area contributed by atoms with Crippen LogP contribution in [0.2, 0.25) is 5.02 Å². The molecule has 1 amide bonds. The fraction of sp³-hybridized carbons (Fsp3) is 0.0741. The zero-order valence-electron chi connectivity index (χ0n) is 19.3. The Balaban J connectivity index is 1.57. The monoisotopic (exact) mass is 484 g/mol. The van der Waals surface area contributed by atoms with Crippen molar-refractivity contribution in [2.45, 2.75) is 12.2 Å². The number of carbonyl (C=O) groups excluding carboxylic acids is 1. The molecule has 2 atom stereocenters. The maximum absolute atomic E-state index is 15.0. The Labute approximate surface area is 207 Å². The number of carbonyl (C=O) groups is 1. The summed E-state index contributed by atoms with van der Waals surface area (Å²) in [6, 6.07) is 20.5. The lowest BCUT2D eigenvalue weighted by molar-refractivity contribution is -0.126. The lowest BCUT2D eigenvalue weighted by Gasteiger charge is -2.36. The number of hydrogen-bond acceptors (Lipinski definition) is 5. The molecule has 0 fully saturated rings. The normalized spacial score (nSPS) is 21.8. The second-order valence-electron chi connectivity index (χ2n) is 8.11. The molecule has 3 aromatic rings. The third-order valence-corrected chi connectivity index (χ3v) is 6.35. The molecule has 0 aliphatic carbocycles. The maximum Gasteiger partial charge on any atom is 0.266 e. The van der Waals surface area contributed by atoms with E-state index in [-0.39, 0.29) is 11.7 Å². The summed E-state index contributed by atoms with van der Waals surface area (Å²) < 4.78 is 23.9. The van der Waals surface area contributed by atoms with Gasteiger partial charge in [0, 0.05) is 28.6 Å². The summed E-state index contributed by atoms with van der Waals surface area (Å²) in [6.45, 7) is 0. The number of aliphatic imine (C=N–C) groups is 2. The van der Waals surface area contributed by atoms with Crippen LogP contribution in [0, 0.1) is 5.82 Å². The van der Waals surface area contributed by atoms with Crippen LogP contribution in [0.1, 0.15) is 24.1 Å². The van der Waals surface area contributed by atoms with Gasteiger partial charge >= 0.3 is 0 Å². The average molecular weight is 485 g/mol. The van der Waals surface area contributed by atoms with Crippen molar-refractivity contribution in [3.05, 3.63) is 124 Å². The second kappa shape index (κ2) is 8.61. The molecule has 0 aromatic heterocycles.